The van der Waals surface area contributed by atoms with E-state index in [-0.39, 0.29) is 11.7 Å². The lowest BCUT2D eigenvalue weighted by molar-refractivity contribution is -0.116. The number of aryl methyl sites for hydroxylation is 3. The molecule has 4 aromatic rings. The summed E-state index contributed by atoms with van der Waals surface area (Å²) in [7, 11) is 0. The lowest BCUT2D eigenvalue weighted by atomic mass is 10.0. The van der Waals surface area contributed by atoms with Crippen LogP contribution in [0.2, 0.25) is 0 Å². The second-order valence-corrected chi connectivity index (χ2v) is 9.69. The Morgan fingerprint density at radius 2 is 1.67 bits per heavy atom. The summed E-state index contributed by atoms with van der Waals surface area (Å²) in [5.41, 5.74) is 8.32. The van der Waals surface area contributed by atoms with Crippen LogP contribution in [-0.2, 0) is 17.8 Å². The molecule has 0 aliphatic carbocycles. The third-order valence-electron chi connectivity index (χ3n) is 7.08. The molecule has 36 heavy (non-hydrogen) atoms. The summed E-state index contributed by atoms with van der Waals surface area (Å²) in [6.45, 7) is 9.22. The SMILES string of the molecule is Cc1nc2c(-c3ccc(F)cc3)c(C)nn2c(C)c1CCC(=O)Nc1ccc(CN2CCCC2)cc1. The van der Waals surface area contributed by atoms with Gasteiger partial charge < -0.3 is 5.32 Å². The highest BCUT2D eigenvalue weighted by Crippen LogP contribution is 2.29. The minimum atomic E-state index is -0.271. The van der Waals surface area contributed by atoms with Crippen LogP contribution in [0.15, 0.2) is 48.5 Å². The summed E-state index contributed by atoms with van der Waals surface area (Å²) in [4.78, 5) is 20.0. The van der Waals surface area contributed by atoms with E-state index in [4.69, 9.17) is 10.1 Å². The fraction of sp³-hybridized carbons (Fsp3) is 0.345. The second kappa shape index (κ2) is 10.2. The van der Waals surface area contributed by atoms with Crippen LogP contribution in [-0.4, -0.2) is 38.5 Å². The molecule has 2 aromatic carbocycles. The van der Waals surface area contributed by atoms with Gasteiger partial charge in [0.25, 0.3) is 0 Å². The third-order valence-corrected chi connectivity index (χ3v) is 7.08. The molecule has 7 heteroatoms. The number of hydrogen-bond donors (Lipinski definition) is 1. The highest BCUT2D eigenvalue weighted by Gasteiger charge is 2.19. The standard InChI is InChI=1S/C29H32FN5O/c1-19-26(14-15-27(36)32-25-12-6-22(7-13-25)18-34-16-4-5-17-34)21(3)35-29(31-19)28(20(2)33-35)23-8-10-24(30)11-9-23/h6-13H,4-5,14-18H2,1-3H3,(H,32,36). The van der Waals surface area contributed by atoms with Crippen molar-refractivity contribution >= 4 is 17.2 Å². The molecule has 1 amide bonds. The van der Waals surface area contributed by atoms with Crippen molar-refractivity contribution in [2.24, 2.45) is 0 Å². The van der Waals surface area contributed by atoms with E-state index in [1.807, 2.05) is 37.4 Å². The van der Waals surface area contributed by atoms with Crippen molar-refractivity contribution in [1.82, 2.24) is 19.5 Å². The number of halogens is 1. The molecule has 1 saturated heterocycles. The molecular formula is C29H32FN5O. The number of carbonyl (C=O) groups excluding carboxylic acids is 1. The van der Waals surface area contributed by atoms with Crippen molar-refractivity contribution in [3.05, 3.63) is 82.6 Å². The number of likely N-dealkylation sites (tertiary alicyclic amines) is 1. The molecule has 5 rings (SSSR count). The number of rotatable bonds is 7. The number of nitrogens with one attached hydrogen (secondary N) is 1. The van der Waals surface area contributed by atoms with E-state index >= 15 is 0 Å². The highest BCUT2D eigenvalue weighted by atomic mass is 19.1. The van der Waals surface area contributed by atoms with Gasteiger partial charge in [-0.05, 0) is 94.1 Å². The normalized spacial score (nSPS) is 14.0. The molecule has 0 unspecified atom stereocenters. The van der Waals surface area contributed by atoms with Crippen LogP contribution in [0.3, 0.4) is 0 Å². The van der Waals surface area contributed by atoms with Gasteiger partial charge in [-0.1, -0.05) is 24.3 Å². The Morgan fingerprint density at radius 1 is 0.972 bits per heavy atom. The van der Waals surface area contributed by atoms with Crippen molar-refractivity contribution in [3.63, 3.8) is 0 Å². The number of fused-ring (bicyclic) bond motifs is 1. The van der Waals surface area contributed by atoms with Crippen molar-refractivity contribution < 1.29 is 9.18 Å². The van der Waals surface area contributed by atoms with E-state index in [2.05, 4.69) is 22.3 Å². The van der Waals surface area contributed by atoms with Crippen LogP contribution in [0, 0.1) is 26.6 Å². The molecule has 0 bridgehead atoms. The monoisotopic (exact) mass is 485 g/mol. The first-order valence-electron chi connectivity index (χ1n) is 12.6. The molecule has 0 spiro atoms. The highest BCUT2D eigenvalue weighted by molar-refractivity contribution is 5.90. The van der Waals surface area contributed by atoms with Gasteiger partial charge in [0.15, 0.2) is 5.65 Å². The van der Waals surface area contributed by atoms with E-state index in [1.54, 1.807) is 12.1 Å². The van der Waals surface area contributed by atoms with Crippen LogP contribution >= 0.6 is 0 Å². The lowest BCUT2D eigenvalue weighted by Crippen LogP contribution is -2.18. The number of aromatic nitrogens is 3. The summed E-state index contributed by atoms with van der Waals surface area (Å²) in [5, 5.41) is 7.73. The first kappa shape index (κ1) is 24.1. The van der Waals surface area contributed by atoms with Crippen LogP contribution < -0.4 is 5.32 Å². The van der Waals surface area contributed by atoms with E-state index in [1.165, 1.54) is 43.6 Å². The van der Waals surface area contributed by atoms with Crippen LogP contribution in [0.25, 0.3) is 16.8 Å². The lowest BCUT2D eigenvalue weighted by Gasteiger charge is -2.15. The fourth-order valence-electron chi connectivity index (χ4n) is 5.14. The maximum Gasteiger partial charge on any atom is 0.224 e. The van der Waals surface area contributed by atoms with Gasteiger partial charge in [0.05, 0.1) is 5.69 Å². The Morgan fingerprint density at radius 3 is 2.36 bits per heavy atom. The van der Waals surface area contributed by atoms with Crippen LogP contribution in [0.5, 0.6) is 0 Å². The van der Waals surface area contributed by atoms with Crippen LogP contribution in [0.1, 0.15) is 47.5 Å². The number of carbonyl (C=O) groups is 1. The quantitative estimate of drug-likeness (QED) is 0.369. The number of hydrogen-bond acceptors (Lipinski definition) is 4. The first-order chi connectivity index (χ1) is 17.4. The predicted octanol–water partition coefficient (Wildman–Crippen LogP) is 5.63. The summed E-state index contributed by atoms with van der Waals surface area (Å²) in [6.07, 6.45) is 3.50. The summed E-state index contributed by atoms with van der Waals surface area (Å²) in [6, 6.07) is 14.6. The fourth-order valence-corrected chi connectivity index (χ4v) is 5.14. The van der Waals surface area contributed by atoms with Gasteiger partial charge in [-0.15, -0.1) is 0 Å². The molecule has 1 N–H and O–H groups in total. The molecule has 1 fully saturated rings. The molecule has 2 aromatic heterocycles. The largest absolute Gasteiger partial charge is 0.326 e. The van der Waals surface area contributed by atoms with Gasteiger partial charge in [-0.2, -0.15) is 5.10 Å². The third kappa shape index (κ3) is 5.02. The zero-order valence-electron chi connectivity index (χ0n) is 21.1. The van der Waals surface area contributed by atoms with Crippen molar-refractivity contribution in [2.45, 2.75) is 53.0 Å². The Balaban J connectivity index is 1.27. The zero-order chi connectivity index (χ0) is 25.2. The van der Waals surface area contributed by atoms with E-state index < -0.39 is 0 Å². The minimum absolute atomic E-state index is 0.0233. The minimum Gasteiger partial charge on any atom is -0.326 e. The van der Waals surface area contributed by atoms with Gasteiger partial charge >= 0.3 is 0 Å². The number of amides is 1. The van der Waals surface area contributed by atoms with E-state index in [0.717, 1.165) is 51.7 Å². The average molecular weight is 486 g/mol. The second-order valence-electron chi connectivity index (χ2n) is 9.69. The molecule has 1 aliphatic rings. The molecule has 6 nitrogen and oxygen atoms in total. The Labute approximate surface area is 211 Å². The number of nitrogens with zero attached hydrogens (tertiary/aromatic N) is 4. The summed E-state index contributed by atoms with van der Waals surface area (Å²) >= 11 is 0. The molecule has 186 valence electrons. The molecule has 0 radical (unpaired) electrons. The van der Waals surface area contributed by atoms with E-state index in [9.17, 15) is 9.18 Å². The van der Waals surface area contributed by atoms with Crippen molar-refractivity contribution in [2.75, 3.05) is 18.4 Å². The average Bonchev–Trinajstić information content (AvgIpc) is 3.48. The summed E-state index contributed by atoms with van der Waals surface area (Å²) < 4.78 is 15.3. The van der Waals surface area contributed by atoms with Gasteiger partial charge in [-0.25, -0.2) is 13.9 Å². The Hall–Kier alpha value is -3.58. The zero-order valence-corrected chi connectivity index (χ0v) is 21.1. The molecular weight excluding hydrogens is 453 g/mol. The topological polar surface area (TPSA) is 62.5 Å². The maximum atomic E-state index is 13.4. The molecule has 0 saturated carbocycles. The molecule has 3 heterocycles. The molecule has 1 aliphatic heterocycles. The maximum absolute atomic E-state index is 13.4. The smallest absolute Gasteiger partial charge is 0.224 e. The van der Waals surface area contributed by atoms with Crippen molar-refractivity contribution in [1.29, 1.82) is 0 Å². The Bertz CT molecular complexity index is 1390. The first-order valence-corrected chi connectivity index (χ1v) is 12.6. The molecule has 0 atom stereocenters. The van der Waals surface area contributed by atoms with Crippen LogP contribution in [0.4, 0.5) is 10.1 Å². The van der Waals surface area contributed by atoms with Gasteiger partial charge in [0.2, 0.25) is 5.91 Å². The summed E-state index contributed by atoms with van der Waals surface area (Å²) in [5.74, 6) is -0.295. The van der Waals surface area contributed by atoms with Gasteiger partial charge in [-0.3, -0.25) is 9.69 Å². The Kier molecular flexibility index (Phi) is 6.83. The van der Waals surface area contributed by atoms with E-state index in [0.29, 0.717) is 12.8 Å². The predicted molar refractivity (Wildman–Crippen MR) is 140 cm³/mol. The van der Waals surface area contributed by atoms with Gasteiger partial charge in [0.1, 0.15) is 5.82 Å². The van der Waals surface area contributed by atoms with Crippen molar-refractivity contribution in [3.8, 4) is 11.1 Å². The number of benzene rings is 2. The number of anilines is 1. The van der Waals surface area contributed by atoms with Gasteiger partial charge in [0, 0.05) is 35.6 Å².